The number of benzene rings is 1. The third-order valence-corrected chi connectivity index (χ3v) is 5.83. The van der Waals surface area contributed by atoms with Crippen LogP contribution >= 0.6 is 11.6 Å². The summed E-state index contributed by atoms with van der Waals surface area (Å²) in [5.74, 6) is 2.22. The van der Waals surface area contributed by atoms with Crippen LogP contribution in [0.2, 0.25) is 0 Å². The molecule has 1 aromatic heterocycles. The maximum absolute atomic E-state index is 9.48. The van der Waals surface area contributed by atoms with E-state index in [0.717, 1.165) is 23.5 Å². The predicted molar refractivity (Wildman–Crippen MR) is 102 cm³/mol. The molecule has 0 spiro atoms. The van der Waals surface area contributed by atoms with Crippen molar-refractivity contribution < 1.29 is 9.26 Å². The first-order valence-electron chi connectivity index (χ1n) is 9.22. The number of fused-ring (bicyclic) bond motifs is 6. The van der Waals surface area contributed by atoms with Crippen molar-refractivity contribution in [3.63, 3.8) is 0 Å². The van der Waals surface area contributed by atoms with Crippen LogP contribution in [0.25, 0.3) is 0 Å². The molecule has 0 N–H and O–H groups in total. The van der Waals surface area contributed by atoms with Gasteiger partial charge in [-0.1, -0.05) is 28.9 Å². The van der Waals surface area contributed by atoms with E-state index in [1.165, 1.54) is 4.90 Å². The number of nitrogens with zero attached hydrogens (tertiary/aromatic N) is 8. The SMILES string of the molecule is N#CN1C=C2N(c3ccccc3C3=NCN(c4nc(C5CCOC5)no4)N23)C1Cl. The summed E-state index contributed by atoms with van der Waals surface area (Å²) in [7, 11) is 0. The van der Waals surface area contributed by atoms with Gasteiger partial charge >= 0.3 is 6.01 Å². The van der Waals surface area contributed by atoms with E-state index in [2.05, 4.69) is 16.3 Å². The molecule has 4 aliphatic rings. The number of anilines is 2. The summed E-state index contributed by atoms with van der Waals surface area (Å²) in [4.78, 5) is 12.6. The van der Waals surface area contributed by atoms with Crippen LogP contribution in [0.15, 0.2) is 45.8 Å². The molecule has 2 unspecified atom stereocenters. The van der Waals surface area contributed by atoms with Crippen molar-refractivity contribution in [1.82, 2.24) is 20.0 Å². The average Bonchev–Trinajstić information content (AvgIpc) is 3.52. The molecule has 11 heteroatoms. The minimum absolute atomic E-state index is 0.140. The van der Waals surface area contributed by atoms with Crippen LogP contribution in [0.5, 0.6) is 0 Å². The lowest BCUT2D eigenvalue weighted by atomic mass is 10.1. The Labute approximate surface area is 170 Å². The van der Waals surface area contributed by atoms with Crippen molar-refractivity contribution in [3.8, 4) is 6.19 Å². The van der Waals surface area contributed by atoms with Gasteiger partial charge in [0.2, 0.25) is 0 Å². The van der Waals surface area contributed by atoms with Gasteiger partial charge in [-0.3, -0.25) is 4.90 Å². The van der Waals surface area contributed by atoms with Gasteiger partial charge < -0.3 is 9.26 Å². The third kappa shape index (κ3) is 2.28. The molecule has 4 aliphatic heterocycles. The van der Waals surface area contributed by atoms with Gasteiger partial charge in [-0.25, -0.2) is 19.9 Å². The van der Waals surface area contributed by atoms with Crippen LogP contribution in [0, 0.1) is 11.5 Å². The summed E-state index contributed by atoms with van der Waals surface area (Å²) in [6, 6.07) is 8.17. The maximum Gasteiger partial charge on any atom is 0.345 e. The summed E-state index contributed by atoms with van der Waals surface area (Å²) in [6.07, 6.45) is 4.68. The van der Waals surface area contributed by atoms with E-state index in [-0.39, 0.29) is 5.92 Å². The second-order valence-corrected chi connectivity index (χ2v) is 7.41. The van der Waals surface area contributed by atoms with Crippen LogP contribution in [-0.2, 0) is 4.74 Å². The Bertz CT molecular complexity index is 1090. The van der Waals surface area contributed by atoms with Gasteiger partial charge in [-0.2, -0.15) is 10.2 Å². The molecule has 2 atom stereocenters. The van der Waals surface area contributed by atoms with Gasteiger partial charge in [0.05, 0.1) is 18.5 Å². The molecule has 6 rings (SSSR count). The first-order chi connectivity index (χ1) is 14.3. The topological polar surface area (TPSA) is 97.3 Å². The number of hydrogen-bond donors (Lipinski definition) is 0. The average molecular weight is 411 g/mol. The van der Waals surface area contributed by atoms with Crippen molar-refractivity contribution in [1.29, 1.82) is 5.26 Å². The Morgan fingerprint density at radius 3 is 3.00 bits per heavy atom. The lowest BCUT2D eigenvalue weighted by molar-refractivity contribution is 0.192. The number of hydrazine groups is 1. The second kappa shape index (κ2) is 6.10. The molecule has 0 radical (unpaired) electrons. The van der Waals surface area contributed by atoms with Crippen LogP contribution in [-0.4, -0.2) is 51.4 Å². The number of rotatable bonds is 2. The van der Waals surface area contributed by atoms with E-state index >= 15 is 0 Å². The van der Waals surface area contributed by atoms with E-state index in [0.29, 0.717) is 37.5 Å². The van der Waals surface area contributed by atoms with E-state index in [1.807, 2.05) is 34.2 Å². The molecule has 2 aromatic rings. The van der Waals surface area contributed by atoms with Crippen molar-refractivity contribution in [2.45, 2.75) is 18.0 Å². The van der Waals surface area contributed by atoms with Gasteiger partial charge in [-0.05, 0) is 18.6 Å². The molecule has 0 amide bonds. The highest BCUT2D eigenvalue weighted by molar-refractivity contribution is 6.23. The summed E-state index contributed by atoms with van der Waals surface area (Å²) >= 11 is 6.58. The molecule has 1 aromatic carbocycles. The molecule has 0 saturated carbocycles. The lowest BCUT2D eigenvalue weighted by Gasteiger charge is -2.40. The fourth-order valence-electron chi connectivity index (χ4n) is 4.02. The van der Waals surface area contributed by atoms with E-state index in [1.54, 1.807) is 11.2 Å². The van der Waals surface area contributed by atoms with Crippen LogP contribution in [0.4, 0.5) is 11.7 Å². The highest BCUT2D eigenvalue weighted by atomic mass is 35.5. The summed E-state index contributed by atoms with van der Waals surface area (Å²) in [5.41, 5.74) is 1.14. The normalized spacial score (nSPS) is 24.8. The zero-order chi connectivity index (χ0) is 19.5. The zero-order valence-corrected chi connectivity index (χ0v) is 15.9. The van der Waals surface area contributed by atoms with Gasteiger partial charge in [0.25, 0.3) is 0 Å². The molecule has 0 bridgehead atoms. The Morgan fingerprint density at radius 2 is 2.17 bits per heavy atom. The smallest absolute Gasteiger partial charge is 0.345 e. The van der Waals surface area contributed by atoms with Crippen molar-refractivity contribution in [3.05, 3.63) is 47.7 Å². The number of aromatic nitrogens is 2. The highest BCUT2D eigenvalue weighted by Gasteiger charge is 2.47. The Kier molecular flexibility index (Phi) is 3.50. The number of aliphatic imine (C=N–C) groups is 1. The fourth-order valence-corrected chi connectivity index (χ4v) is 4.32. The monoisotopic (exact) mass is 410 g/mol. The first-order valence-corrected chi connectivity index (χ1v) is 9.66. The van der Waals surface area contributed by atoms with Crippen molar-refractivity contribution in [2.24, 2.45) is 4.99 Å². The molecule has 146 valence electrons. The van der Waals surface area contributed by atoms with Crippen molar-refractivity contribution >= 4 is 29.1 Å². The molecule has 10 nitrogen and oxygen atoms in total. The van der Waals surface area contributed by atoms with E-state index in [9.17, 15) is 5.26 Å². The molecule has 1 fully saturated rings. The molecule has 1 saturated heterocycles. The molecular formula is C18H15ClN8O2. The third-order valence-electron chi connectivity index (χ3n) is 5.42. The van der Waals surface area contributed by atoms with Gasteiger partial charge in [-0.15, -0.1) is 0 Å². The minimum atomic E-state index is -0.672. The number of nitriles is 1. The number of para-hydroxylation sites is 1. The van der Waals surface area contributed by atoms with Gasteiger partial charge in [0.15, 0.2) is 29.3 Å². The van der Waals surface area contributed by atoms with E-state index < -0.39 is 5.62 Å². The van der Waals surface area contributed by atoms with Crippen molar-refractivity contribution in [2.75, 3.05) is 29.8 Å². The largest absolute Gasteiger partial charge is 0.381 e. The molecule has 29 heavy (non-hydrogen) atoms. The Morgan fingerprint density at radius 1 is 1.28 bits per heavy atom. The number of hydrogen-bond acceptors (Lipinski definition) is 10. The Balaban J connectivity index is 1.43. The predicted octanol–water partition coefficient (Wildman–Crippen LogP) is 1.95. The van der Waals surface area contributed by atoms with Crippen LogP contribution < -0.4 is 9.91 Å². The maximum atomic E-state index is 9.48. The number of amidine groups is 1. The fraction of sp³-hybridized carbons (Fsp3) is 0.333. The number of alkyl halides is 1. The summed E-state index contributed by atoms with van der Waals surface area (Å²) in [6.45, 7) is 1.62. The van der Waals surface area contributed by atoms with Gasteiger partial charge in [0.1, 0.15) is 6.67 Å². The zero-order valence-electron chi connectivity index (χ0n) is 15.1. The standard InChI is InChI=1S/C18H15ClN8O2/c19-17-24(9-20)7-14-26(17)13-4-2-1-3-12(13)16-21-10-25(27(14)16)18-22-15(23-29-18)11-5-6-28-8-11/h1-4,7,11,17H,5-6,8,10H2. The molecule has 5 heterocycles. The van der Waals surface area contributed by atoms with Crippen LogP contribution in [0.3, 0.4) is 0 Å². The minimum Gasteiger partial charge on any atom is -0.381 e. The molecular weight excluding hydrogens is 396 g/mol. The van der Waals surface area contributed by atoms with E-state index in [4.69, 9.17) is 25.9 Å². The number of halogens is 1. The Hall–Kier alpha value is -3.29. The summed E-state index contributed by atoms with van der Waals surface area (Å²) in [5, 5.41) is 17.3. The van der Waals surface area contributed by atoms with Gasteiger partial charge in [0, 0.05) is 18.1 Å². The summed E-state index contributed by atoms with van der Waals surface area (Å²) < 4.78 is 11.0. The quantitative estimate of drug-likeness (QED) is 0.418. The lowest BCUT2D eigenvalue weighted by Crippen LogP contribution is -2.50. The molecule has 0 aliphatic carbocycles. The second-order valence-electron chi connectivity index (χ2n) is 7.02. The van der Waals surface area contributed by atoms with Crippen LogP contribution in [0.1, 0.15) is 23.7 Å². The highest BCUT2D eigenvalue weighted by Crippen LogP contribution is 2.43. The number of ether oxygens (including phenoxy) is 1. The first kappa shape index (κ1) is 16.6.